The van der Waals surface area contributed by atoms with Crippen LogP contribution < -0.4 is 0 Å². The molecule has 0 aliphatic carbocycles. The molecule has 1 aromatic rings. The molecule has 0 radical (unpaired) electrons. The standard InChI is InChI=1S/C13H22N2O2/c1-3-15(10-13(16)11-17-2)9-7-12-6-4-5-8-14-12/h4-6,8,13,16H,3,7,9-11H2,1-2H3. The average Bonchev–Trinajstić information content (AvgIpc) is 2.36. The molecule has 1 N–H and O–H groups in total. The zero-order valence-electron chi connectivity index (χ0n) is 10.7. The Hall–Kier alpha value is -0.970. The molecule has 0 aliphatic heterocycles. The fourth-order valence-corrected chi connectivity index (χ4v) is 1.74. The van der Waals surface area contributed by atoms with E-state index in [4.69, 9.17) is 4.74 Å². The molecule has 0 aliphatic rings. The summed E-state index contributed by atoms with van der Waals surface area (Å²) < 4.78 is 4.92. The summed E-state index contributed by atoms with van der Waals surface area (Å²) >= 11 is 0. The number of likely N-dealkylation sites (N-methyl/N-ethyl adjacent to an activating group) is 1. The Balaban J connectivity index is 2.32. The zero-order chi connectivity index (χ0) is 12.5. The molecule has 1 heterocycles. The van der Waals surface area contributed by atoms with Crippen LogP contribution in [0.2, 0.25) is 0 Å². The second kappa shape index (κ2) is 8.17. The number of methoxy groups -OCH3 is 1. The van der Waals surface area contributed by atoms with Gasteiger partial charge in [0.15, 0.2) is 0 Å². The molecule has 4 nitrogen and oxygen atoms in total. The fourth-order valence-electron chi connectivity index (χ4n) is 1.74. The summed E-state index contributed by atoms with van der Waals surface area (Å²) in [7, 11) is 1.60. The van der Waals surface area contributed by atoms with E-state index in [0.29, 0.717) is 13.2 Å². The van der Waals surface area contributed by atoms with Crippen LogP contribution in [0.4, 0.5) is 0 Å². The van der Waals surface area contributed by atoms with Crippen LogP contribution in [0.3, 0.4) is 0 Å². The maximum atomic E-state index is 9.67. The molecule has 96 valence electrons. The first kappa shape index (κ1) is 14.1. The summed E-state index contributed by atoms with van der Waals surface area (Å²) in [5, 5.41) is 9.67. The number of aliphatic hydroxyl groups excluding tert-OH is 1. The fraction of sp³-hybridized carbons (Fsp3) is 0.615. The second-order valence-corrected chi connectivity index (χ2v) is 4.07. The van der Waals surface area contributed by atoms with Crippen molar-refractivity contribution in [1.82, 2.24) is 9.88 Å². The van der Waals surface area contributed by atoms with E-state index in [0.717, 1.165) is 25.2 Å². The molecule has 0 spiro atoms. The predicted octanol–water partition coefficient (Wildman–Crippen LogP) is 0.953. The number of aromatic nitrogens is 1. The monoisotopic (exact) mass is 238 g/mol. The van der Waals surface area contributed by atoms with Crippen LogP contribution >= 0.6 is 0 Å². The van der Waals surface area contributed by atoms with Gasteiger partial charge in [0.1, 0.15) is 0 Å². The minimum Gasteiger partial charge on any atom is -0.389 e. The molecule has 0 aromatic carbocycles. The van der Waals surface area contributed by atoms with E-state index < -0.39 is 6.10 Å². The van der Waals surface area contributed by atoms with Gasteiger partial charge < -0.3 is 14.7 Å². The highest BCUT2D eigenvalue weighted by Gasteiger charge is 2.10. The third kappa shape index (κ3) is 5.77. The molecular weight excluding hydrogens is 216 g/mol. The van der Waals surface area contributed by atoms with Crippen molar-refractivity contribution in [3.05, 3.63) is 30.1 Å². The summed E-state index contributed by atoms with van der Waals surface area (Å²) in [6.07, 6.45) is 2.31. The summed E-state index contributed by atoms with van der Waals surface area (Å²) in [5.74, 6) is 0. The topological polar surface area (TPSA) is 45.6 Å². The van der Waals surface area contributed by atoms with Crippen molar-refractivity contribution in [2.24, 2.45) is 0 Å². The van der Waals surface area contributed by atoms with Gasteiger partial charge in [-0.15, -0.1) is 0 Å². The summed E-state index contributed by atoms with van der Waals surface area (Å²) in [6.45, 7) is 4.97. The van der Waals surface area contributed by atoms with Gasteiger partial charge in [0.2, 0.25) is 0 Å². The molecule has 0 saturated carbocycles. The van der Waals surface area contributed by atoms with Crippen molar-refractivity contribution in [2.75, 3.05) is 33.4 Å². The van der Waals surface area contributed by atoms with Gasteiger partial charge in [0.25, 0.3) is 0 Å². The molecule has 0 bridgehead atoms. The van der Waals surface area contributed by atoms with E-state index in [1.165, 1.54) is 0 Å². The van der Waals surface area contributed by atoms with Crippen molar-refractivity contribution in [2.45, 2.75) is 19.4 Å². The van der Waals surface area contributed by atoms with Gasteiger partial charge in [-0.25, -0.2) is 0 Å². The molecule has 1 rings (SSSR count). The molecule has 0 amide bonds. The van der Waals surface area contributed by atoms with Crippen molar-refractivity contribution in [3.63, 3.8) is 0 Å². The van der Waals surface area contributed by atoms with Crippen LogP contribution in [-0.4, -0.2) is 54.4 Å². The van der Waals surface area contributed by atoms with Gasteiger partial charge in [-0.2, -0.15) is 0 Å². The maximum Gasteiger partial charge on any atom is 0.0900 e. The third-order valence-electron chi connectivity index (χ3n) is 2.69. The normalized spacial score (nSPS) is 12.9. The van der Waals surface area contributed by atoms with Crippen molar-refractivity contribution in [3.8, 4) is 0 Å². The van der Waals surface area contributed by atoms with Crippen LogP contribution in [0.25, 0.3) is 0 Å². The van der Waals surface area contributed by atoms with E-state index >= 15 is 0 Å². The van der Waals surface area contributed by atoms with Gasteiger partial charge in [-0.05, 0) is 18.7 Å². The van der Waals surface area contributed by atoms with Gasteiger partial charge in [-0.3, -0.25) is 4.98 Å². The lowest BCUT2D eigenvalue weighted by molar-refractivity contribution is 0.0390. The largest absolute Gasteiger partial charge is 0.389 e. The number of rotatable bonds is 8. The smallest absolute Gasteiger partial charge is 0.0900 e. The predicted molar refractivity (Wildman–Crippen MR) is 67.9 cm³/mol. The number of ether oxygens (including phenoxy) is 1. The molecule has 1 atom stereocenters. The maximum absolute atomic E-state index is 9.67. The number of hydrogen-bond donors (Lipinski definition) is 1. The van der Waals surface area contributed by atoms with Gasteiger partial charge in [-0.1, -0.05) is 13.0 Å². The minimum absolute atomic E-state index is 0.389. The molecule has 0 saturated heterocycles. The highest BCUT2D eigenvalue weighted by molar-refractivity contribution is 5.03. The second-order valence-electron chi connectivity index (χ2n) is 4.07. The van der Waals surface area contributed by atoms with Crippen LogP contribution in [-0.2, 0) is 11.2 Å². The lowest BCUT2D eigenvalue weighted by Crippen LogP contribution is -2.36. The number of nitrogens with zero attached hydrogens (tertiary/aromatic N) is 2. The quantitative estimate of drug-likeness (QED) is 0.732. The Morgan fingerprint density at radius 3 is 2.88 bits per heavy atom. The Labute approximate surface area is 103 Å². The minimum atomic E-state index is -0.413. The van der Waals surface area contributed by atoms with Crippen LogP contribution in [0.15, 0.2) is 24.4 Å². The first-order valence-electron chi connectivity index (χ1n) is 6.05. The molecule has 17 heavy (non-hydrogen) atoms. The van der Waals surface area contributed by atoms with E-state index in [1.54, 1.807) is 7.11 Å². The average molecular weight is 238 g/mol. The molecule has 1 aromatic heterocycles. The Morgan fingerprint density at radius 2 is 2.29 bits per heavy atom. The van der Waals surface area contributed by atoms with Crippen molar-refractivity contribution < 1.29 is 9.84 Å². The first-order valence-corrected chi connectivity index (χ1v) is 6.05. The highest BCUT2D eigenvalue weighted by atomic mass is 16.5. The number of pyridine rings is 1. The zero-order valence-corrected chi connectivity index (χ0v) is 10.7. The van der Waals surface area contributed by atoms with Crippen LogP contribution in [0.1, 0.15) is 12.6 Å². The molecular formula is C13H22N2O2. The highest BCUT2D eigenvalue weighted by Crippen LogP contribution is 1.99. The van der Waals surface area contributed by atoms with Gasteiger partial charge in [0.05, 0.1) is 12.7 Å². The van der Waals surface area contributed by atoms with E-state index in [2.05, 4.69) is 16.8 Å². The van der Waals surface area contributed by atoms with Gasteiger partial charge in [0, 0.05) is 38.5 Å². The molecule has 0 fully saturated rings. The molecule has 1 unspecified atom stereocenters. The van der Waals surface area contributed by atoms with E-state index in [-0.39, 0.29) is 0 Å². The Bertz CT molecular complexity index is 293. The lowest BCUT2D eigenvalue weighted by Gasteiger charge is -2.23. The number of hydrogen-bond acceptors (Lipinski definition) is 4. The van der Waals surface area contributed by atoms with Crippen molar-refractivity contribution >= 4 is 0 Å². The van der Waals surface area contributed by atoms with E-state index in [9.17, 15) is 5.11 Å². The molecule has 4 heteroatoms. The van der Waals surface area contributed by atoms with E-state index in [1.807, 2.05) is 24.4 Å². The third-order valence-corrected chi connectivity index (χ3v) is 2.69. The first-order chi connectivity index (χ1) is 8.26. The van der Waals surface area contributed by atoms with Crippen LogP contribution in [0, 0.1) is 0 Å². The van der Waals surface area contributed by atoms with Gasteiger partial charge >= 0.3 is 0 Å². The summed E-state index contributed by atoms with van der Waals surface area (Å²) in [6, 6.07) is 5.95. The summed E-state index contributed by atoms with van der Waals surface area (Å²) in [4.78, 5) is 6.49. The van der Waals surface area contributed by atoms with Crippen molar-refractivity contribution in [1.29, 1.82) is 0 Å². The SMILES string of the molecule is CCN(CCc1ccccn1)CC(O)COC. The number of aliphatic hydroxyl groups is 1. The van der Waals surface area contributed by atoms with Crippen LogP contribution in [0.5, 0.6) is 0 Å². The lowest BCUT2D eigenvalue weighted by atomic mass is 10.2. The summed E-state index contributed by atoms with van der Waals surface area (Å²) in [5.41, 5.74) is 1.09. The Morgan fingerprint density at radius 1 is 1.47 bits per heavy atom. The Kier molecular flexibility index (Phi) is 6.77.